The van der Waals surface area contributed by atoms with Gasteiger partial charge < -0.3 is 14.2 Å². The molecule has 0 aliphatic heterocycles. The van der Waals surface area contributed by atoms with Gasteiger partial charge in [0.1, 0.15) is 12.4 Å². The van der Waals surface area contributed by atoms with Gasteiger partial charge in [0.25, 0.3) is 11.6 Å². The Kier molecular flexibility index (Phi) is 7.96. The van der Waals surface area contributed by atoms with Gasteiger partial charge in [-0.3, -0.25) is 14.9 Å². The lowest BCUT2D eigenvalue weighted by Gasteiger charge is -2.11. The molecular weight excluding hydrogens is 426 g/mol. The van der Waals surface area contributed by atoms with Gasteiger partial charge in [-0.1, -0.05) is 0 Å². The zero-order valence-corrected chi connectivity index (χ0v) is 18.2. The van der Waals surface area contributed by atoms with E-state index in [1.807, 2.05) is 6.92 Å². The highest BCUT2D eigenvalue weighted by Gasteiger charge is 2.08. The topological polar surface area (TPSA) is 112 Å². The van der Waals surface area contributed by atoms with Crippen LogP contribution in [0.4, 0.5) is 5.69 Å². The summed E-state index contributed by atoms with van der Waals surface area (Å²) in [6, 6.07) is 18.1. The van der Waals surface area contributed by atoms with Gasteiger partial charge in [0.2, 0.25) is 0 Å². The van der Waals surface area contributed by atoms with Crippen molar-refractivity contribution in [3.8, 4) is 17.2 Å². The first kappa shape index (κ1) is 23.3. The summed E-state index contributed by atoms with van der Waals surface area (Å²) in [7, 11) is 1.52. The number of hydrogen-bond acceptors (Lipinski definition) is 7. The van der Waals surface area contributed by atoms with Crippen LogP contribution >= 0.6 is 0 Å². The van der Waals surface area contributed by atoms with Crippen LogP contribution in [0.15, 0.2) is 71.8 Å². The van der Waals surface area contributed by atoms with Crippen LogP contribution in [0.2, 0.25) is 0 Å². The molecule has 0 unspecified atom stereocenters. The summed E-state index contributed by atoms with van der Waals surface area (Å²) in [5.41, 5.74) is 4.44. The average molecular weight is 449 g/mol. The highest BCUT2D eigenvalue weighted by atomic mass is 16.6. The summed E-state index contributed by atoms with van der Waals surface area (Å²) >= 11 is 0. The van der Waals surface area contributed by atoms with E-state index in [9.17, 15) is 14.9 Å². The zero-order chi connectivity index (χ0) is 23.6. The van der Waals surface area contributed by atoms with Crippen LogP contribution in [0.1, 0.15) is 28.4 Å². The summed E-state index contributed by atoms with van der Waals surface area (Å²) in [5.74, 6) is 1.34. The van der Waals surface area contributed by atoms with Crippen molar-refractivity contribution in [1.29, 1.82) is 0 Å². The number of nitro benzene ring substituents is 1. The van der Waals surface area contributed by atoms with E-state index in [-0.39, 0.29) is 18.2 Å². The summed E-state index contributed by atoms with van der Waals surface area (Å²) < 4.78 is 16.5. The summed E-state index contributed by atoms with van der Waals surface area (Å²) in [4.78, 5) is 22.5. The summed E-state index contributed by atoms with van der Waals surface area (Å²) in [5, 5.41) is 14.7. The maximum Gasteiger partial charge on any atom is 0.271 e. The van der Waals surface area contributed by atoms with E-state index in [4.69, 9.17) is 14.2 Å². The molecule has 0 aromatic heterocycles. The second kappa shape index (κ2) is 11.3. The van der Waals surface area contributed by atoms with Crippen molar-refractivity contribution in [3.63, 3.8) is 0 Å². The smallest absolute Gasteiger partial charge is 0.271 e. The predicted molar refractivity (Wildman–Crippen MR) is 123 cm³/mol. The molecule has 3 aromatic rings. The first-order chi connectivity index (χ1) is 16.0. The Morgan fingerprint density at radius 2 is 1.76 bits per heavy atom. The van der Waals surface area contributed by atoms with Crippen LogP contribution in [-0.4, -0.2) is 30.8 Å². The third-order valence-corrected chi connectivity index (χ3v) is 4.54. The van der Waals surface area contributed by atoms with Gasteiger partial charge in [0, 0.05) is 17.7 Å². The van der Waals surface area contributed by atoms with Crippen molar-refractivity contribution in [2.24, 2.45) is 5.10 Å². The number of hydrazone groups is 1. The summed E-state index contributed by atoms with van der Waals surface area (Å²) in [6.45, 7) is 2.67. The van der Waals surface area contributed by atoms with Gasteiger partial charge in [-0.15, -0.1) is 0 Å². The van der Waals surface area contributed by atoms with E-state index >= 15 is 0 Å². The molecule has 0 spiro atoms. The number of methoxy groups -OCH3 is 1. The molecule has 0 bridgehead atoms. The van der Waals surface area contributed by atoms with Crippen LogP contribution in [-0.2, 0) is 6.61 Å². The molecule has 3 rings (SSSR count). The molecule has 0 heterocycles. The van der Waals surface area contributed by atoms with Crippen molar-refractivity contribution in [3.05, 3.63) is 93.5 Å². The Labute approximate surface area is 190 Å². The maximum absolute atomic E-state index is 12.2. The molecule has 33 heavy (non-hydrogen) atoms. The lowest BCUT2D eigenvalue weighted by molar-refractivity contribution is -0.384. The minimum Gasteiger partial charge on any atom is -0.494 e. The number of amides is 1. The molecule has 0 saturated heterocycles. The Morgan fingerprint density at radius 3 is 2.39 bits per heavy atom. The van der Waals surface area contributed by atoms with Gasteiger partial charge >= 0.3 is 0 Å². The molecule has 0 aliphatic rings. The average Bonchev–Trinajstić information content (AvgIpc) is 2.84. The molecule has 1 N–H and O–H groups in total. The van der Waals surface area contributed by atoms with Crippen LogP contribution < -0.4 is 19.6 Å². The van der Waals surface area contributed by atoms with Crippen molar-refractivity contribution >= 4 is 17.8 Å². The third kappa shape index (κ3) is 6.54. The van der Waals surface area contributed by atoms with Gasteiger partial charge in [0.15, 0.2) is 11.5 Å². The number of nitrogens with zero attached hydrogens (tertiary/aromatic N) is 2. The highest BCUT2D eigenvalue weighted by molar-refractivity contribution is 5.95. The minimum atomic E-state index is -0.450. The molecule has 0 saturated carbocycles. The molecular formula is C24H23N3O6. The van der Waals surface area contributed by atoms with E-state index < -0.39 is 4.92 Å². The molecule has 0 aliphatic carbocycles. The number of nitro groups is 1. The van der Waals surface area contributed by atoms with Gasteiger partial charge in [-0.25, -0.2) is 5.43 Å². The van der Waals surface area contributed by atoms with E-state index in [2.05, 4.69) is 10.5 Å². The molecule has 1 amide bonds. The lowest BCUT2D eigenvalue weighted by Crippen LogP contribution is -2.17. The standard InChI is InChI=1S/C24H23N3O6/c1-3-32-21-11-7-19(8-12-21)24(28)26-25-15-18-6-13-22(23(14-18)31-2)33-16-17-4-9-20(10-5-17)27(29)30/h4-15H,3,16H2,1-2H3,(H,26,28)/b25-15-. The van der Waals surface area contributed by atoms with Gasteiger partial charge in [0.05, 0.1) is 24.9 Å². The van der Waals surface area contributed by atoms with Gasteiger partial charge in [-0.05, 0) is 72.6 Å². The SMILES string of the molecule is CCOc1ccc(C(=O)N/N=C\c2ccc(OCc3ccc([N+](=O)[O-])cc3)c(OC)c2)cc1. The lowest BCUT2D eigenvalue weighted by atomic mass is 10.2. The molecule has 3 aromatic carbocycles. The number of benzene rings is 3. The molecule has 9 nitrogen and oxygen atoms in total. The fourth-order valence-electron chi connectivity index (χ4n) is 2.86. The van der Waals surface area contributed by atoms with Crippen LogP contribution in [0.25, 0.3) is 0 Å². The minimum absolute atomic E-state index is 0.0228. The predicted octanol–water partition coefficient (Wildman–Crippen LogP) is 4.35. The first-order valence-corrected chi connectivity index (χ1v) is 10.1. The Hall–Kier alpha value is -4.40. The second-order valence-electron chi connectivity index (χ2n) is 6.78. The number of nitrogens with one attached hydrogen (secondary N) is 1. The van der Waals surface area contributed by atoms with E-state index in [0.29, 0.717) is 35.0 Å². The molecule has 170 valence electrons. The first-order valence-electron chi connectivity index (χ1n) is 10.1. The van der Waals surface area contributed by atoms with Crippen molar-refractivity contribution in [2.45, 2.75) is 13.5 Å². The highest BCUT2D eigenvalue weighted by Crippen LogP contribution is 2.28. The van der Waals surface area contributed by atoms with E-state index in [0.717, 1.165) is 5.56 Å². The molecule has 0 radical (unpaired) electrons. The monoisotopic (exact) mass is 449 g/mol. The van der Waals surface area contributed by atoms with Gasteiger partial charge in [-0.2, -0.15) is 5.10 Å². The fraction of sp³-hybridized carbons (Fsp3) is 0.167. The molecule has 0 fully saturated rings. The Morgan fingerprint density at radius 1 is 1.03 bits per heavy atom. The number of non-ortho nitro benzene ring substituents is 1. The molecule has 9 heteroatoms. The van der Waals surface area contributed by atoms with Crippen LogP contribution in [0.5, 0.6) is 17.2 Å². The van der Waals surface area contributed by atoms with Crippen molar-refractivity contribution in [1.82, 2.24) is 5.43 Å². The van der Waals surface area contributed by atoms with E-state index in [1.165, 1.54) is 25.5 Å². The molecule has 0 atom stereocenters. The normalized spacial score (nSPS) is 10.6. The third-order valence-electron chi connectivity index (χ3n) is 4.54. The quantitative estimate of drug-likeness (QED) is 0.280. The fourth-order valence-corrected chi connectivity index (χ4v) is 2.86. The largest absolute Gasteiger partial charge is 0.494 e. The Balaban J connectivity index is 1.58. The number of hydrogen-bond donors (Lipinski definition) is 1. The van der Waals surface area contributed by atoms with Crippen LogP contribution in [0, 0.1) is 10.1 Å². The van der Waals surface area contributed by atoms with Crippen molar-refractivity contribution < 1.29 is 23.9 Å². The van der Waals surface area contributed by atoms with Crippen LogP contribution in [0.3, 0.4) is 0 Å². The van der Waals surface area contributed by atoms with E-state index in [1.54, 1.807) is 54.6 Å². The number of rotatable bonds is 10. The second-order valence-corrected chi connectivity index (χ2v) is 6.78. The number of carbonyl (C=O) groups is 1. The maximum atomic E-state index is 12.2. The van der Waals surface area contributed by atoms with Crippen molar-refractivity contribution in [2.75, 3.05) is 13.7 Å². The number of ether oxygens (including phenoxy) is 3. The Bertz CT molecular complexity index is 1130. The summed E-state index contributed by atoms with van der Waals surface area (Å²) in [6.07, 6.45) is 1.50. The number of carbonyl (C=O) groups excluding carboxylic acids is 1. The zero-order valence-electron chi connectivity index (χ0n) is 18.2.